The second-order valence-corrected chi connectivity index (χ2v) is 8.18. The van der Waals surface area contributed by atoms with Crippen molar-refractivity contribution < 1.29 is 18.7 Å². The molecule has 0 bridgehead atoms. The van der Waals surface area contributed by atoms with Crippen LogP contribution in [0.2, 0.25) is 0 Å². The zero-order chi connectivity index (χ0) is 21.9. The first-order chi connectivity index (χ1) is 14.1. The van der Waals surface area contributed by atoms with Crippen molar-refractivity contribution in [3.05, 3.63) is 52.1 Å². The molecule has 2 aromatic rings. The van der Waals surface area contributed by atoms with E-state index >= 15 is 0 Å². The molecule has 1 saturated heterocycles. The normalized spacial score (nSPS) is 14.8. The lowest BCUT2D eigenvalue weighted by atomic mass is 10.1. The lowest BCUT2D eigenvalue weighted by Gasteiger charge is -2.33. The van der Waals surface area contributed by atoms with Crippen molar-refractivity contribution in [3.63, 3.8) is 0 Å². The number of carbonyl (C=O) groups is 1. The minimum atomic E-state index is -0.604. The highest BCUT2D eigenvalue weighted by molar-refractivity contribution is 5.68. The Labute approximate surface area is 174 Å². The molecular formula is C22H24FN3O4. The number of hydrogen-bond donors (Lipinski definition) is 1. The summed E-state index contributed by atoms with van der Waals surface area (Å²) in [6.45, 7) is 6.44. The predicted octanol–water partition coefficient (Wildman–Crippen LogP) is 3.83. The van der Waals surface area contributed by atoms with Crippen LogP contribution < -0.4 is 10.3 Å². The van der Waals surface area contributed by atoms with E-state index in [0.717, 1.165) is 6.07 Å². The minimum absolute atomic E-state index is 0.177. The van der Waals surface area contributed by atoms with Gasteiger partial charge in [-0.2, -0.15) is 5.26 Å². The molecule has 2 heterocycles. The molecule has 1 amide bonds. The van der Waals surface area contributed by atoms with Gasteiger partial charge in [0.1, 0.15) is 23.3 Å². The number of H-pyrrole nitrogens is 1. The van der Waals surface area contributed by atoms with E-state index in [1.54, 1.807) is 11.0 Å². The summed E-state index contributed by atoms with van der Waals surface area (Å²) in [5.74, 6) is -0.277. The molecule has 30 heavy (non-hydrogen) atoms. The smallest absolute Gasteiger partial charge is 0.410 e. The van der Waals surface area contributed by atoms with Crippen LogP contribution in [0.15, 0.2) is 35.1 Å². The number of nitriles is 1. The van der Waals surface area contributed by atoms with Gasteiger partial charge in [-0.25, -0.2) is 9.18 Å². The number of rotatable bonds is 3. The van der Waals surface area contributed by atoms with Crippen molar-refractivity contribution in [1.29, 1.82) is 5.26 Å². The van der Waals surface area contributed by atoms with Gasteiger partial charge in [0.05, 0.1) is 17.3 Å². The summed E-state index contributed by atoms with van der Waals surface area (Å²) in [7, 11) is 0. The SMILES string of the molecule is CC(C)(C)OC(=O)N1CCC(Oc2cc(-c3ccc(C#N)cc3F)[nH]c(=O)c2)CC1. The van der Waals surface area contributed by atoms with Crippen LogP contribution in [-0.4, -0.2) is 40.8 Å². The summed E-state index contributed by atoms with van der Waals surface area (Å²) >= 11 is 0. The molecule has 0 aliphatic carbocycles. The minimum Gasteiger partial charge on any atom is -0.490 e. The number of nitrogens with one attached hydrogen (secondary N) is 1. The third-order valence-corrected chi connectivity index (χ3v) is 4.60. The largest absolute Gasteiger partial charge is 0.490 e. The standard InChI is InChI=1S/C22H24FN3O4/c1-22(2,3)30-21(28)26-8-6-15(7-9-26)29-16-11-19(25-20(27)12-16)17-5-4-14(13-24)10-18(17)23/h4-5,10-12,15H,6-9H2,1-3H3,(H,25,27). The van der Waals surface area contributed by atoms with Gasteiger partial charge in [-0.3, -0.25) is 4.79 Å². The Morgan fingerprint density at radius 2 is 1.93 bits per heavy atom. The lowest BCUT2D eigenvalue weighted by molar-refractivity contribution is 0.0126. The van der Waals surface area contributed by atoms with E-state index in [4.69, 9.17) is 14.7 Å². The molecule has 1 fully saturated rings. The van der Waals surface area contributed by atoms with E-state index in [2.05, 4.69) is 4.98 Å². The first kappa shape index (κ1) is 21.4. The average molecular weight is 413 g/mol. The molecule has 0 saturated carbocycles. The van der Waals surface area contributed by atoms with Gasteiger partial charge in [0, 0.05) is 43.6 Å². The van der Waals surface area contributed by atoms with Crippen LogP contribution in [0.4, 0.5) is 9.18 Å². The number of carbonyl (C=O) groups excluding carboxylic acids is 1. The van der Waals surface area contributed by atoms with E-state index in [-0.39, 0.29) is 29.0 Å². The Morgan fingerprint density at radius 3 is 2.53 bits per heavy atom. The second kappa shape index (κ2) is 8.57. The Kier molecular flexibility index (Phi) is 6.11. The van der Waals surface area contributed by atoms with Crippen molar-refractivity contribution in [2.24, 2.45) is 0 Å². The van der Waals surface area contributed by atoms with E-state index in [9.17, 15) is 14.0 Å². The number of amides is 1. The van der Waals surface area contributed by atoms with Gasteiger partial charge >= 0.3 is 6.09 Å². The molecule has 0 spiro atoms. The predicted molar refractivity (Wildman–Crippen MR) is 109 cm³/mol. The topological polar surface area (TPSA) is 95.4 Å². The number of pyridine rings is 1. The fourth-order valence-electron chi connectivity index (χ4n) is 3.21. The highest BCUT2D eigenvalue weighted by Gasteiger charge is 2.27. The Balaban J connectivity index is 1.68. The number of aromatic nitrogens is 1. The van der Waals surface area contributed by atoms with Gasteiger partial charge in [0.2, 0.25) is 0 Å². The lowest BCUT2D eigenvalue weighted by Crippen LogP contribution is -2.44. The second-order valence-electron chi connectivity index (χ2n) is 8.18. The maximum absolute atomic E-state index is 14.3. The monoisotopic (exact) mass is 413 g/mol. The molecule has 7 nitrogen and oxygen atoms in total. The molecule has 158 valence electrons. The third-order valence-electron chi connectivity index (χ3n) is 4.60. The number of hydrogen-bond acceptors (Lipinski definition) is 5. The number of nitrogens with zero attached hydrogens (tertiary/aromatic N) is 2. The summed E-state index contributed by atoms with van der Waals surface area (Å²) in [6.07, 6.45) is 0.652. The third kappa shape index (κ3) is 5.38. The fraction of sp³-hybridized carbons (Fsp3) is 0.409. The van der Waals surface area contributed by atoms with Gasteiger partial charge in [0.15, 0.2) is 0 Å². The van der Waals surface area contributed by atoms with Gasteiger partial charge in [-0.05, 0) is 39.0 Å². The van der Waals surface area contributed by atoms with Gasteiger partial charge < -0.3 is 19.4 Å². The summed E-state index contributed by atoms with van der Waals surface area (Å²) in [6, 6.07) is 8.79. The molecule has 1 aliphatic rings. The number of likely N-dealkylation sites (tertiary alicyclic amines) is 1. The molecule has 3 rings (SSSR count). The van der Waals surface area contributed by atoms with Crippen LogP contribution >= 0.6 is 0 Å². The summed E-state index contributed by atoms with van der Waals surface area (Å²) in [4.78, 5) is 28.5. The molecule has 1 aromatic carbocycles. The zero-order valence-electron chi connectivity index (χ0n) is 17.2. The van der Waals surface area contributed by atoms with Crippen molar-refractivity contribution in [1.82, 2.24) is 9.88 Å². The summed E-state index contributed by atoms with van der Waals surface area (Å²) < 4.78 is 25.6. The van der Waals surface area contributed by atoms with Crippen molar-refractivity contribution in [2.75, 3.05) is 13.1 Å². The van der Waals surface area contributed by atoms with Crippen molar-refractivity contribution in [2.45, 2.75) is 45.3 Å². The fourth-order valence-corrected chi connectivity index (χ4v) is 3.21. The van der Waals surface area contributed by atoms with Crippen LogP contribution in [0.3, 0.4) is 0 Å². The maximum atomic E-state index is 14.3. The van der Waals surface area contributed by atoms with Gasteiger partial charge in [0.25, 0.3) is 5.56 Å². The molecule has 1 aliphatic heterocycles. The number of piperidine rings is 1. The molecule has 1 N–H and O–H groups in total. The van der Waals surface area contributed by atoms with E-state index in [0.29, 0.717) is 31.7 Å². The number of ether oxygens (including phenoxy) is 2. The highest BCUT2D eigenvalue weighted by Crippen LogP contribution is 2.26. The van der Waals surface area contributed by atoms with Gasteiger partial charge in [-0.1, -0.05) is 0 Å². The Morgan fingerprint density at radius 1 is 1.23 bits per heavy atom. The summed E-state index contributed by atoms with van der Waals surface area (Å²) in [5.41, 5.74) is -0.325. The molecule has 0 radical (unpaired) electrons. The van der Waals surface area contributed by atoms with Crippen molar-refractivity contribution in [3.8, 4) is 23.1 Å². The van der Waals surface area contributed by atoms with Crippen LogP contribution in [0.25, 0.3) is 11.3 Å². The quantitative estimate of drug-likeness (QED) is 0.825. The van der Waals surface area contributed by atoms with Crippen LogP contribution in [0.1, 0.15) is 39.2 Å². The molecule has 8 heteroatoms. The van der Waals surface area contributed by atoms with Crippen molar-refractivity contribution >= 4 is 6.09 Å². The van der Waals surface area contributed by atoms with E-state index in [1.807, 2.05) is 26.8 Å². The Hall–Kier alpha value is -3.34. The number of halogens is 1. The van der Waals surface area contributed by atoms with Gasteiger partial charge in [-0.15, -0.1) is 0 Å². The first-order valence-electron chi connectivity index (χ1n) is 9.73. The Bertz CT molecular complexity index is 1030. The maximum Gasteiger partial charge on any atom is 0.410 e. The molecular weight excluding hydrogens is 389 g/mol. The first-order valence-corrected chi connectivity index (χ1v) is 9.73. The van der Waals surface area contributed by atoms with Crippen LogP contribution in [0.5, 0.6) is 5.75 Å². The molecule has 0 unspecified atom stereocenters. The van der Waals surface area contributed by atoms with Crippen LogP contribution in [-0.2, 0) is 4.74 Å². The molecule has 0 atom stereocenters. The average Bonchev–Trinajstić information content (AvgIpc) is 2.66. The van der Waals surface area contributed by atoms with E-state index < -0.39 is 17.0 Å². The molecule has 1 aromatic heterocycles. The number of aromatic amines is 1. The number of benzene rings is 1. The summed E-state index contributed by atoms with van der Waals surface area (Å²) in [5, 5.41) is 8.88. The zero-order valence-corrected chi connectivity index (χ0v) is 17.2. The van der Waals surface area contributed by atoms with Crippen LogP contribution in [0, 0.1) is 17.1 Å². The van der Waals surface area contributed by atoms with E-state index in [1.165, 1.54) is 18.2 Å². The highest BCUT2D eigenvalue weighted by atomic mass is 19.1.